The van der Waals surface area contributed by atoms with E-state index >= 15 is 0 Å². The summed E-state index contributed by atoms with van der Waals surface area (Å²) in [6.45, 7) is 8.85. The molecule has 2 fully saturated rings. The molecule has 5 rings (SSSR count). The Bertz CT molecular complexity index is 1340. The van der Waals surface area contributed by atoms with Gasteiger partial charge in [0, 0.05) is 42.9 Å². The van der Waals surface area contributed by atoms with Crippen LogP contribution in [0.2, 0.25) is 0 Å². The summed E-state index contributed by atoms with van der Waals surface area (Å²) in [6, 6.07) is 11.0. The molecule has 2 atom stereocenters. The van der Waals surface area contributed by atoms with Crippen molar-refractivity contribution in [2.45, 2.75) is 55.6 Å². The number of allylic oxidation sites excluding steroid dienone is 1. The highest BCUT2D eigenvalue weighted by molar-refractivity contribution is 7.90. The summed E-state index contributed by atoms with van der Waals surface area (Å²) in [7, 11) is -1.50. The predicted molar refractivity (Wildman–Crippen MR) is 139 cm³/mol. The Kier molecular flexibility index (Phi) is 6.51. The third-order valence-electron chi connectivity index (χ3n) is 8.15. The maximum atomic E-state index is 13.3. The van der Waals surface area contributed by atoms with Crippen molar-refractivity contribution in [2.75, 3.05) is 13.1 Å². The van der Waals surface area contributed by atoms with Gasteiger partial charge in [-0.2, -0.15) is 0 Å². The lowest BCUT2D eigenvalue weighted by atomic mass is 9.80. The van der Waals surface area contributed by atoms with Gasteiger partial charge in [0.1, 0.15) is 5.82 Å². The Balaban J connectivity index is 1.38. The minimum absolute atomic E-state index is 0.0991. The highest BCUT2D eigenvalue weighted by Crippen LogP contribution is 2.41. The summed E-state index contributed by atoms with van der Waals surface area (Å²) in [5.41, 5.74) is 4.52. The second-order valence-corrected chi connectivity index (χ2v) is 12.5. The van der Waals surface area contributed by atoms with Gasteiger partial charge in [-0.15, -0.1) is 0 Å². The van der Waals surface area contributed by atoms with Crippen LogP contribution in [0.4, 0.5) is 4.39 Å². The predicted octanol–water partition coefficient (Wildman–Crippen LogP) is 6.42. The summed E-state index contributed by atoms with van der Waals surface area (Å²) < 4.78 is 41.3. The number of rotatable bonds is 6. The van der Waals surface area contributed by atoms with Gasteiger partial charge in [-0.05, 0) is 84.5 Å². The number of aromatic nitrogens is 1. The van der Waals surface area contributed by atoms with Gasteiger partial charge in [0.25, 0.3) is 0 Å². The zero-order valence-corrected chi connectivity index (χ0v) is 21.5. The quantitative estimate of drug-likeness (QED) is 0.371. The summed E-state index contributed by atoms with van der Waals surface area (Å²) in [5, 5.41) is 1.14. The molecule has 0 bridgehead atoms. The van der Waals surface area contributed by atoms with Crippen molar-refractivity contribution in [1.29, 1.82) is 0 Å². The molecule has 1 saturated carbocycles. The number of likely N-dealkylation sites (tertiary alicyclic amines) is 1. The Morgan fingerprint density at radius 3 is 2.49 bits per heavy atom. The Hall–Kier alpha value is -2.60. The van der Waals surface area contributed by atoms with Crippen LogP contribution in [0.3, 0.4) is 0 Å². The first-order valence-corrected chi connectivity index (χ1v) is 14.4. The van der Waals surface area contributed by atoms with Crippen molar-refractivity contribution < 1.29 is 12.8 Å². The van der Waals surface area contributed by atoms with Crippen molar-refractivity contribution in [3.63, 3.8) is 0 Å². The molecule has 3 aromatic rings. The van der Waals surface area contributed by atoms with E-state index in [4.69, 9.17) is 0 Å². The van der Waals surface area contributed by atoms with Crippen molar-refractivity contribution in [2.24, 2.45) is 18.9 Å². The number of nitrogens with zero attached hydrogens (tertiary/aromatic N) is 2. The summed E-state index contributed by atoms with van der Waals surface area (Å²) in [4.78, 5) is 2.67. The molecule has 0 radical (unpaired) electrons. The standard InChI is InChI=1S/C29H35FN2O2S/c1-20-17-32(21(2)23-6-4-5-7-23)15-14-26(20)28-18-31(3)29-13-8-22(16-27(28)29)19-35(33,34)25-11-9-24(30)10-12-25/h8-13,16,18,20,23,26H,2,4-7,14-15,17,19H2,1,3H3/t20-,26+/m1/s1. The van der Waals surface area contributed by atoms with Crippen LogP contribution in [0.5, 0.6) is 0 Å². The molecule has 4 nitrogen and oxygen atoms in total. The number of sulfone groups is 1. The molecular weight excluding hydrogens is 459 g/mol. The molecule has 6 heteroatoms. The lowest BCUT2D eigenvalue weighted by Gasteiger charge is -2.40. The normalized spacial score (nSPS) is 21.6. The first-order valence-electron chi connectivity index (χ1n) is 12.7. The Morgan fingerprint density at radius 2 is 1.80 bits per heavy atom. The molecule has 1 aromatic heterocycles. The molecule has 186 valence electrons. The number of halogens is 1. The molecule has 1 aliphatic carbocycles. The third-order valence-corrected chi connectivity index (χ3v) is 9.86. The van der Waals surface area contributed by atoms with Crippen molar-refractivity contribution >= 4 is 20.7 Å². The SMILES string of the molecule is C=C(C1CCCC1)N1CC[C@H](c2cn(C)c3ccc(CS(=O)(=O)c4ccc(F)cc4)cc23)[C@H](C)C1. The summed E-state index contributed by atoms with van der Waals surface area (Å²) in [5.74, 6) is 1.03. The van der Waals surface area contributed by atoms with E-state index in [-0.39, 0.29) is 10.6 Å². The molecule has 0 amide bonds. The molecule has 1 aliphatic heterocycles. The van der Waals surface area contributed by atoms with E-state index in [2.05, 4.69) is 36.2 Å². The molecule has 2 aromatic carbocycles. The number of benzene rings is 2. The van der Waals surface area contributed by atoms with Crippen molar-refractivity contribution in [3.8, 4) is 0 Å². The van der Waals surface area contributed by atoms with Gasteiger partial charge in [-0.3, -0.25) is 0 Å². The zero-order valence-electron chi connectivity index (χ0n) is 20.7. The van der Waals surface area contributed by atoms with Crippen LogP contribution in [0.15, 0.2) is 65.8 Å². The molecule has 1 saturated heterocycles. The molecule has 0 unspecified atom stereocenters. The van der Waals surface area contributed by atoms with Crippen LogP contribution in [-0.4, -0.2) is 31.0 Å². The maximum absolute atomic E-state index is 13.3. The highest BCUT2D eigenvalue weighted by Gasteiger charge is 2.32. The van der Waals surface area contributed by atoms with E-state index in [1.54, 1.807) is 0 Å². The number of hydrogen-bond acceptors (Lipinski definition) is 3. The Labute approximate surface area is 208 Å². The van der Waals surface area contributed by atoms with Gasteiger partial charge >= 0.3 is 0 Å². The van der Waals surface area contributed by atoms with Crippen molar-refractivity contribution in [1.82, 2.24) is 9.47 Å². The zero-order chi connectivity index (χ0) is 24.7. The number of hydrogen-bond donors (Lipinski definition) is 0. The van der Waals surface area contributed by atoms with Crippen LogP contribution in [-0.2, 0) is 22.6 Å². The van der Waals surface area contributed by atoms with Crippen LogP contribution in [0, 0.1) is 17.7 Å². The van der Waals surface area contributed by atoms with E-state index in [9.17, 15) is 12.8 Å². The van der Waals surface area contributed by atoms with E-state index in [1.807, 2.05) is 18.2 Å². The van der Waals surface area contributed by atoms with Crippen LogP contribution in [0.25, 0.3) is 10.9 Å². The second-order valence-electron chi connectivity index (χ2n) is 10.6. The second kappa shape index (κ2) is 9.45. The number of piperidine rings is 1. The minimum Gasteiger partial charge on any atom is -0.375 e. The molecule has 35 heavy (non-hydrogen) atoms. The summed E-state index contributed by atoms with van der Waals surface area (Å²) >= 11 is 0. The molecule has 2 heterocycles. The molecule has 0 N–H and O–H groups in total. The average molecular weight is 495 g/mol. The topological polar surface area (TPSA) is 42.3 Å². The monoisotopic (exact) mass is 494 g/mol. The van der Waals surface area contributed by atoms with Gasteiger partial charge in [-0.1, -0.05) is 32.4 Å². The van der Waals surface area contributed by atoms with Gasteiger partial charge in [0.15, 0.2) is 9.84 Å². The molecule has 2 aliphatic rings. The number of fused-ring (bicyclic) bond motifs is 1. The van der Waals surface area contributed by atoms with Crippen LogP contribution < -0.4 is 0 Å². The largest absolute Gasteiger partial charge is 0.375 e. The Morgan fingerprint density at radius 1 is 1.09 bits per heavy atom. The van der Waals surface area contributed by atoms with E-state index in [0.717, 1.165) is 36.0 Å². The molecular formula is C29H35FN2O2S. The highest BCUT2D eigenvalue weighted by atomic mass is 32.2. The van der Waals surface area contributed by atoms with Gasteiger partial charge in [0.05, 0.1) is 10.6 Å². The van der Waals surface area contributed by atoms with Crippen LogP contribution >= 0.6 is 0 Å². The first-order chi connectivity index (χ1) is 16.7. The van der Waals surface area contributed by atoms with Gasteiger partial charge in [-0.25, -0.2) is 12.8 Å². The van der Waals surface area contributed by atoms with Gasteiger partial charge < -0.3 is 9.47 Å². The van der Waals surface area contributed by atoms with Gasteiger partial charge in [0.2, 0.25) is 0 Å². The first kappa shape index (κ1) is 24.1. The fourth-order valence-corrected chi connectivity index (χ4v) is 7.52. The average Bonchev–Trinajstić information content (AvgIpc) is 3.47. The third kappa shape index (κ3) is 4.77. The fourth-order valence-electron chi connectivity index (χ4n) is 6.19. The van der Waals surface area contributed by atoms with E-state index in [1.165, 1.54) is 61.2 Å². The number of aryl methyl sites for hydroxylation is 1. The smallest absolute Gasteiger partial charge is 0.182 e. The van der Waals surface area contributed by atoms with Crippen LogP contribution in [0.1, 0.15) is 56.1 Å². The molecule has 0 spiro atoms. The lowest BCUT2D eigenvalue weighted by Crippen LogP contribution is -2.39. The maximum Gasteiger partial charge on any atom is 0.182 e. The summed E-state index contributed by atoms with van der Waals surface area (Å²) in [6.07, 6.45) is 8.51. The van der Waals surface area contributed by atoms with Crippen molar-refractivity contribution in [3.05, 3.63) is 77.9 Å². The fraction of sp³-hybridized carbons (Fsp3) is 0.448. The minimum atomic E-state index is -3.56. The van der Waals surface area contributed by atoms with E-state index < -0.39 is 15.7 Å². The van der Waals surface area contributed by atoms with E-state index in [0.29, 0.717) is 17.8 Å². The lowest BCUT2D eigenvalue weighted by molar-refractivity contribution is 0.186.